The number of hydrogen-bond acceptors (Lipinski definition) is 2. The molecule has 0 aliphatic heterocycles. The molecule has 5 nitrogen and oxygen atoms in total. The van der Waals surface area contributed by atoms with Gasteiger partial charge in [0.15, 0.2) is 0 Å². The Morgan fingerprint density at radius 3 is 2.42 bits per heavy atom. The number of unbranched alkanes of at least 4 members (excludes halogenated alkanes) is 2. The minimum atomic E-state index is -0.770. The van der Waals surface area contributed by atoms with Gasteiger partial charge in [-0.2, -0.15) is 0 Å². The van der Waals surface area contributed by atoms with Gasteiger partial charge in [0.05, 0.1) is 0 Å². The number of aliphatic carboxylic acids is 1. The van der Waals surface area contributed by atoms with Crippen molar-refractivity contribution in [2.45, 2.75) is 32.2 Å². The maximum absolute atomic E-state index is 11.4. The van der Waals surface area contributed by atoms with E-state index in [0.29, 0.717) is 19.5 Å². The van der Waals surface area contributed by atoms with E-state index < -0.39 is 5.97 Å². The molecule has 1 aromatic rings. The SMILES string of the molecule is O=C(O)CCCCCNC(=O)NCc1ccccc1. The summed E-state index contributed by atoms with van der Waals surface area (Å²) >= 11 is 0. The largest absolute Gasteiger partial charge is 0.481 e. The maximum Gasteiger partial charge on any atom is 0.315 e. The van der Waals surface area contributed by atoms with E-state index in [2.05, 4.69) is 10.6 Å². The third-order valence-electron chi connectivity index (χ3n) is 2.65. The van der Waals surface area contributed by atoms with E-state index in [1.165, 1.54) is 0 Å². The number of rotatable bonds is 8. The van der Waals surface area contributed by atoms with Crippen LogP contribution in [-0.2, 0) is 11.3 Å². The van der Waals surface area contributed by atoms with Crippen LogP contribution in [0.2, 0.25) is 0 Å². The number of carboxylic acids is 1. The predicted octanol–water partition coefficient (Wildman–Crippen LogP) is 2.13. The van der Waals surface area contributed by atoms with Gasteiger partial charge in [0.1, 0.15) is 0 Å². The van der Waals surface area contributed by atoms with Crippen LogP contribution >= 0.6 is 0 Å². The van der Waals surface area contributed by atoms with Gasteiger partial charge in [-0.05, 0) is 18.4 Å². The molecule has 0 atom stereocenters. The van der Waals surface area contributed by atoms with Crippen molar-refractivity contribution in [3.8, 4) is 0 Å². The lowest BCUT2D eigenvalue weighted by Crippen LogP contribution is -2.35. The zero-order chi connectivity index (χ0) is 13.9. The molecule has 0 aromatic heterocycles. The topological polar surface area (TPSA) is 78.4 Å². The van der Waals surface area contributed by atoms with Gasteiger partial charge < -0.3 is 15.7 Å². The van der Waals surface area contributed by atoms with Crippen LogP contribution in [0.4, 0.5) is 4.79 Å². The zero-order valence-electron chi connectivity index (χ0n) is 10.9. The molecule has 0 aliphatic carbocycles. The van der Waals surface area contributed by atoms with E-state index in [-0.39, 0.29) is 12.5 Å². The lowest BCUT2D eigenvalue weighted by Gasteiger charge is -2.07. The highest BCUT2D eigenvalue weighted by molar-refractivity contribution is 5.73. The van der Waals surface area contributed by atoms with Crippen LogP contribution in [0.5, 0.6) is 0 Å². The molecule has 0 heterocycles. The number of amides is 2. The van der Waals surface area contributed by atoms with Crippen molar-refractivity contribution >= 4 is 12.0 Å². The second-order valence-corrected chi connectivity index (χ2v) is 4.30. The van der Waals surface area contributed by atoms with Gasteiger partial charge in [-0.3, -0.25) is 4.79 Å². The third-order valence-corrected chi connectivity index (χ3v) is 2.65. The van der Waals surface area contributed by atoms with Gasteiger partial charge in [0.2, 0.25) is 0 Å². The van der Waals surface area contributed by atoms with E-state index in [9.17, 15) is 9.59 Å². The fourth-order valence-corrected chi connectivity index (χ4v) is 1.62. The number of benzene rings is 1. The third kappa shape index (κ3) is 7.81. The Hall–Kier alpha value is -2.04. The first-order valence-corrected chi connectivity index (χ1v) is 6.46. The van der Waals surface area contributed by atoms with Crippen LogP contribution in [0.15, 0.2) is 30.3 Å². The van der Waals surface area contributed by atoms with Crippen molar-refractivity contribution in [1.82, 2.24) is 10.6 Å². The Morgan fingerprint density at radius 1 is 1.00 bits per heavy atom. The molecular weight excluding hydrogens is 244 g/mol. The molecule has 5 heteroatoms. The Bertz CT molecular complexity index is 393. The summed E-state index contributed by atoms with van der Waals surface area (Å²) in [5, 5.41) is 14.0. The number of carbonyl (C=O) groups is 2. The van der Waals surface area contributed by atoms with Crippen molar-refractivity contribution in [3.63, 3.8) is 0 Å². The Kier molecular flexibility index (Phi) is 7.09. The number of hydrogen-bond donors (Lipinski definition) is 3. The molecule has 104 valence electrons. The lowest BCUT2D eigenvalue weighted by atomic mass is 10.2. The molecule has 0 saturated carbocycles. The second-order valence-electron chi connectivity index (χ2n) is 4.30. The fraction of sp³-hybridized carbons (Fsp3) is 0.429. The highest BCUT2D eigenvalue weighted by Crippen LogP contribution is 1.99. The molecule has 0 bridgehead atoms. The average molecular weight is 264 g/mol. The minimum absolute atomic E-state index is 0.193. The molecule has 0 aliphatic rings. The standard InChI is InChI=1S/C14H20N2O3/c17-13(18)9-5-2-6-10-15-14(19)16-11-12-7-3-1-4-8-12/h1,3-4,7-8H,2,5-6,9-11H2,(H,17,18)(H2,15,16,19). The van der Waals surface area contributed by atoms with Crippen molar-refractivity contribution in [2.24, 2.45) is 0 Å². The molecule has 0 radical (unpaired) electrons. The Balaban J connectivity index is 2.01. The van der Waals surface area contributed by atoms with Crippen LogP contribution < -0.4 is 10.6 Å². The summed E-state index contributed by atoms with van der Waals surface area (Å²) in [5.41, 5.74) is 1.05. The molecular formula is C14H20N2O3. The first-order chi connectivity index (χ1) is 9.18. The second kappa shape index (κ2) is 8.97. The van der Waals surface area contributed by atoms with E-state index in [0.717, 1.165) is 18.4 Å². The normalized spacial score (nSPS) is 9.89. The van der Waals surface area contributed by atoms with Crippen molar-refractivity contribution in [3.05, 3.63) is 35.9 Å². The highest BCUT2D eigenvalue weighted by atomic mass is 16.4. The summed E-state index contributed by atoms with van der Waals surface area (Å²) in [4.78, 5) is 21.7. The van der Waals surface area contributed by atoms with Gasteiger partial charge in [-0.25, -0.2) is 4.79 Å². The van der Waals surface area contributed by atoms with Gasteiger partial charge in [0.25, 0.3) is 0 Å². The first-order valence-electron chi connectivity index (χ1n) is 6.46. The van der Waals surface area contributed by atoms with Gasteiger partial charge in [-0.1, -0.05) is 36.8 Å². The Morgan fingerprint density at radius 2 is 1.74 bits per heavy atom. The van der Waals surface area contributed by atoms with Crippen LogP contribution in [0.1, 0.15) is 31.2 Å². The van der Waals surface area contributed by atoms with Crippen molar-refractivity contribution < 1.29 is 14.7 Å². The van der Waals surface area contributed by atoms with Crippen molar-refractivity contribution in [2.75, 3.05) is 6.54 Å². The van der Waals surface area contributed by atoms with Gasteiger partial charge in [-0.15, -0.1) is 0 Å². The summed E-state index contributed by atoms with van der Waals surface area (Å²) in [6.45, 7) is 1.08. The zero-order valence-corrected chi connectivity index (χ0v) is 10.9. The number of carboxylic acid groups (broad SMARTS) is 1. The first kappa shape index (κ1) is 15.0. The molecule has 2 amide bonds. The van der Waals surface area contributed by atoms with E-state index in [1.54, 1.807) is 0 Å². The molecule has 19 heavy (non-hydrogen) atoms. The Labute approximate surface area is 113 Å². The number of nitrogens with one attached hydrogen (secondary N) is 2. The lowest BCUT2D eigenvalue weighted by molar-refractivity contribution is -0.137. The van der Waals surface area contributed by atoms with Crippen LogP contribution in [0, 0.1) is 0 Å². The van der Waals surface area contributed by atoms with Crippen LogP contribution in [-0.4, -0.2) is 23.7 Å². The average Bonchev–Trinajstić information content (AvgIpc) is 2.41. The summed E-state index contributed by atoms with van der Waals surface area (Å²) in [6.07, 6.45) is 2.46. The maximum atomic E-state index is 11.4. The van der Waals surface area contributed by atoms with Gasteiger partial charge >= 0.3 is 12.0 Å². The highest BCUT2D eigenvalue weighted by Gasteiger charge is 2.00. The smallest absolute Gasteiger partial charge is 0.315 e. The van der Waals surface area contributed by atoms with Crippen LogP contribution in [0.3, 0.4) is 0 Å². The molecule has 3 N–H and O–H groups in total. The molecule has 0 saturated heterocycles. The van der Waals surface area contributed by atoms with Crippen molar-refractivity contribution in [1.29, 1.82) is 0 Å². The molecule has 0 spiro atoms. The summed E-state index contributed by atoms with van der Waals surface area (Å²) in [7, 11) is 0. The number of carbonyl (C=O) groups excluding carboxylic acids is 1. The van der Waals surface area contributed by atoms with E-state index in [1.807, 2.05) is 30.3 Å². The monoisotopic (exact) mass is 264 g/mol. The molecule has 1 aromatic carbocycles. The fourth-order valence-electron chi connectivity index (χ4n) is 1.62. The van der Waals surface area contributed by atoms with Crippen LogP contribution in [0.25, 0.3) is 0 Å². The molecule has 0 unspecified atom stereocenters. The quantitative estimate of drug-likeness (QED) is 0.629. The summed E-state index contributed by atoms with van der Waals surface area (Å²) in [5.74, 6) is -0.770. The van der Waals surface area contributed by atoms with Gasteiger partial charge in [0, 0.05) is 19.5 Å². The summed E-state index contributed by atoms with van der Waals surface area (Å²) in [6, 6.07) is 9.50. The predicted molar refractivity (Wildman–Crippen MR) is 72.8 cm³/mol. The molecule has 1 rings (SSSR count). The van der Waals surface area contributed by atoms with E-state index >= 15 is 0 Å². The summed E-state index contributed by atoms with van der Waals surface area (Å²) < 4.78 is 0. The minimum Gasteiger partial charge on any atom is -0.481 e. The molecule has 0 fully saturated rings. The number of urea groups is 1. The van der Waals surface area contributed by atoms with E-state index in [4.69, 9.17) is 5.11 Å².